The lowest BCUT2D eigenvalue weighted by molar-refractivity contribution is -0.0105. The summed E-state index contributed by atoms with van der Waals surface area (Å²) in [6.07, 6.45) is -0.173. The number of hydrogen-bond acceptors (Lipinski definition) is 5. The Morgan fingerprint density at radius 1 is 1.40 bits per heavy atom. The quantitative estimate of drug-likeness (QED) is 0.870. The highest BCUT2D eigenvalue weighted by Gasteiger charge is 2.27. The summed E-state index contributed by atoms with van der Waals surface area (Å²) in [6, 6.07) is 4.07. The van der Waals surface area contributed by atoms with Crippen LogP contribution >= 0.6 is 0 Å². The summed E-state index contributed by atoms with van der Waals surface area (Å²) in [6.45, 7) is 7.48. The zero-order valence-electron chi connectivity index (χ0n) is 12.4. The minimum absolute atomic E-state index is 0.0113. The molecule has 0 amide bonds. The van der Waals surface area contributed by atoms with Gasteiger partial charge in [-0.15, -0.1) is 0 Å². The van der Waals surface area contributed by atoms with Gasteiger partial charge in [0.2, 0.25) is 0 Å². The highest BCUT2D eigenvalue weighted by Crippen LogP contribution is 2.24. The Hall–Kier alpha value is -1.17. The molecule has 0 aromatic carbocycles. The molecule has 1 aromatic heterocycles. The van der Waals surface area contributed by atoms with Gasteiger partial charge in [-0.2, -0.15) is 0 Å². The summed E-state index contributed by atoms with van der Waals surface area (Å²) in [5.74, 6) is 1.17. The molecule has 1 saturated heterocycles. The van der Waals surface area contributed by atoms with Gasteiger partial charge in [0.15, 0.2) is 0 Å². The Balaban J connectivity index is 2.32. The molecule has 2 N–H and O–H groups in total. The average Bonchev–Trinajstić information content (AvgIpc) is 2.47. The number of aromatic nitrogens is 1. The molecule has 112 valence electrons. The molecule has 20 heavy (non-hydrogen) atoms. The average molecular weight is 280 g/mol. The summed E-state index contributed by atoms with van der Waals surface area (Å²) < 4.78 is 5.56. The molecule has 0 aliphatic carbocycles. The van der Waals surface area contributed by atoms with Crippen molar-refractivity contribution in [2.24, 2.45) is 0 Å². The van der Waals surface area contributed by atoms with E-state index in [1.807, 2.05) is 12.1 Å². The molecule has 1 aromatic rings. The van der Waals surface area contributed by atoms with Crippen LogP contribution in [-0.4, -0.2) is 47.1 Å². The zero-order valence-corrected chi connectivity index (χ0v) is 12.4. The van der Waals surface area contributed by atoms with Crippen LogP contribution in [0.4, 0.5) is 5.82 Å². The molecule has 2 unspecified atom stereocenters. The second kappa shape index (κ2) is 6.52. The van der Waals surface area contributed by atoms with E-state index in [0.29, 0.717) is 19.1 Å². The molecule has 2 heterocycles. The predicted octanol–water partition coefficient (Wildman–Crippen LogP) is 1.28. The molecule has 0 bridgehead atoms. The van der Waals surface area contributed by atoms with Crippen molar-refractivity contribution in [2.75, 3.05) is 24.7 Å². The van der Waals surface area contributed by atoms with Crippen LogP contribution in [0.5, 0.6) is 0 Å². The van der Waals surface area contributed by atoms with E-state index in [4.69, 9.17) is 9.72 Å². The van der Waals surface area contributed by atoms with Gasteiger partial charge in [0.25, 0.3) is 0 Å². The van der Waals surface area contributed by atoms with Crippen molar-refractivity contribution in [3.8, 4) is 0 Å². The van der Waals surface area contributed by atoms with Gasteiger partial charge in [-0.05, 0) is 30.5 Å². The van der Waals surface area contributed by atoms with Crippen molar-refractivity contribution in [2.45, 2.75) is 45.4 Å². The first-order valence-corrected chi connectivity index (χ1v) is 7.16. The van der Waals surface area contributed by atoms with Crippen LogP contribution in [0, 0.1) is 0 Å². The maximum atomic E-state index is 9.42. The molecule has 1 aliphatic rings. The number of rotatable bonds is 4. The lowest BCUT2D eigenvalue weighted by Crippen LogP contribution is -2.50. The monoisotopic (exact) mass is 280 g/mol. The van der Waals surface area contributed by atoms with Crippen LogP contribution in [0.2, 0.25) is 0 Å². The normalized spacial score (nSPS) is 23.4. The SMILES string of the molecule is CC(C)c1cc(CO)cc(N2CC(CO)OCC2C)n1. The zero-order chi connectivity index (χ0) is 14.7. The van der Waals surface area contributed by atoms with Crippen LogP contribution in [0.1, 0.15) is 37.9 Å². The standard InChI is InChI=1S/C15H24N2O3/c1-10(2)14-4-12(7-18)5-15(16-14)17-6-13(8-19)20-9-11(17)3/h4-5,10-11,13,18-19H,6-9H2,1-3H3. The number of ether oxygens (including phenoxy) is 1. The van der Waals surface area contributed by atoms with E-state index in [1.165, 1.54) is 0 Å². The van der Waals surface area contributed by atoms with Crippen LogP contribution in [0.3, 0.4) is 0 Å². The number of morpholine rings is 1. The van der Waals surface area contributed by atoms with Gasteiger partial charge in [-0.1, -0.05) is 13.8 Å². The lowest BCUT2D eigenvalue weighted by atomic mass is 10.1. The van der Waals surface area contributed by atoms with Crippen LogP contribution < -0.4 is 4.90 Å². The lowest BCUT2D eigenvalue weighted by Gasteiger charge is -2.38. The highest BCUT2D eigenvalue weighted by molar-refractivity contribution is 5.45. The summed E-state index contributed by atoms with van der Waals surface area (Å²) in [5, 5.41) is 18.7. The van der Waals surface area contributed by atoms with Gasteiger partial charge in [0.05, 0.1) is 32.0 Å². The van der Waals surface area contributed by atoms with Gasteiger partial charge < -0.3 is 19.8 Å². The third kappa shape index (κ3) is 3.29. The van der Waals surface area contributed by atoms with E-state index in [1.54, 1.807) is 0 Å². The fraction of sp³-hybridized carbons (Fsp3) is 0.667. The molecule has 0 saturated carbocycles. The smallest absolute Gasteiger partial charge is 0.129 e. The van der Waals surface area contributed by atoms with E-state index in [-0.39, 0.29) is 25.4 Å². The molecule has 5 nitrogen and oxygen atoms in total. The van der Waals surface area contributed by atoms with Crippen molar-refractivity contribution in [1.82, 2.24) is 4.98 Å². The molecule has 0 spiro atoms. The minimum atomic E-state index is -0.173. The van der Waals surface area contributed by atoms with Crippen molar-refractivity contribution < 1.29 is 14.9 Å². The fourth-order valence-corrected chi connectivity index (χ4v) is 2.38. The van der Waals surface area contributed by atoms with Crippen LogP contribution in [0.25, 0.3) is 0 Å². The predicted molar refractivity (Wildman–Crippen MR) is 77.9 cm³/mol. The molecule has 2 rings (SSSR count). The van der Waals surface area contributed by atoms with Gasteiger partial charge >= 0.3 is 0 Å². The van der Waals surface area contributed by atoms with E-state index in [9.17, 15) is 10.2 Å². The van der Waals surface area contributed by atoms with Crippen LogP contribution in [0.15, 0.2) is 12.1 Å². The molecule has 1 fully saturated rings. The van der Waals surface area contributed by atoms with Crippen molar-refractivity contribution >= 4 is 5.82 Å². The molecular formula is C15H24N2O3. The van der Waals surface area contributed by atoms with Gasteiger partial charge in [0.1, 0.15) is 5.82 Å². The van der Waals surface area contributed by atoms with Crippen molar-refractivity contribution in [3.63, 3.8) is 0 Å². The maximum Gasteiger partial charge on any atom is 0.129 e. The van der Waals surface area contributed by atoms with E-state index in [0.717, 1.165) is 17.1 Å². The Bertz CT molecular complexity index is 451. The topological polar surface area (TPSA) is 65.8 Å². The molecule has 5 heteroatoms. The first-order chi connectivity index (χ1) is 9.55. The van der Waals surface area contributed by atoms with Gasteiger partial charge in [-0.25, -0.2) is 4.98 Å². The molecular weight excluding hydrogens is 256 g/mol. The van der Waals surface area contributed by atoms with Crippen molar-refractivity contribution in [1.29, 1.82) is 0 Å². The summed E-state index contributed by atoms with van der Waals surface area (Å²) in [7, 11) is 0. The largest absolute Gasteiger partial charge is 0.394 e. The Kier molecular flexibility index (Phi) is 4.96. The maximum absolute atomic E-state index is 9.42. The Labute approximate surface area is 120 Å². The summed E-state index contributed by atoms with van der Waals surface area (Å²) in [5.41, 5.74) is 1.85. The summed E-state index contributed by atoms with van der Waals surface area (Å²) >= 11 is 0. The van der Waals surface area contributed by atoms with Crippen molar-refractivity contribution in [3.05, 3.63) is 23.4 Å². The molecule has 1 aliphatic heterocycles. The first kappa shape index (κ1) is 15.2. The van der Waals surface area contributed by atoms with Gasteiger partial charge in [0, 0.05) is 12.2 Å². The molecule has 2 atom stereocenters. The summed E-state index contributed by atoms with van der Waals surface area (Å²) in [4.78, 5) is 6.85. The van der Waals surface area contributed by atoms with E-state index in [2.05, 4.69) is 25.7 Å². The van der Waals surface area contributed by atoms with E-state index < -0.39 is 0 Å². The Morgan fingerprint density at radius 3 is 2.75 bits per heavy atom. The second-order valence-electron chi connectivity index (χ2n) is 5.71. The highest BCUT2D eigenvalue weighted by atomic mass is 16.5. The number of pyridine rings is 1. The van der Waals surface area contributed by atoms with Gasteiger partial charge in [-0.3, -0.25) is 0 Å². The second-order valence-corrected chi connectivity index (χ2v) is 5.71. The van der Waals surface area contributed by atoms with Crippen LogP contribution in [-0.2, 0) is 11.3 Å². The molecule has 0 radical (unpaired) electrons. The van der Waals surface area contributed by atoms with E-state index >= 15 is 0 Å². The third-order valence-electron chi connectivity index (χ3n) is 3.67. The Morgan fingerprint density at radius 2 is 2.15 bits per heavy atom. The number of anilines is 1. The number of aliphatic hydroxyl groups excluding tert-OH is 2. The minimum Gasteiger partial charge on any atom is -0.394 e. The number of nitrogens with zero attached hydrogens (tertiary/aromatic N) is 2. The number of aliphatic hydroxyl groups is 2. The number of hydrogen-bond donors (Lipinski definition) is 2. The third-order valence-corrected chi connectivity index (χ3v) is 3.67. The fourth-order valence-electron chi connectivity index (χ4n) is 2.38. The first-order valence-electron chi connectivity index (χ1n) is 7.16.